The molecule has 0 fully saturated rings. The number of hydrogen-bond acceptors (Lipinski definition) is 8. The molecular formula is C44H61N3O8. The summed E-state index contributed by atoms with van der Waals surface area (Å²) in [5, 5.41) is 17.0. The second-order valence-electron chi connectivity index (χ2n) is 13.9. The van der Waals surface area contributed by atoms with Gasteiger partial charge in [-0.1, -0.05) is 108 Å². The highest BCUT2D eigenvalue weighted by Crippen LogP contribution is 2.44. The third kappa shape index (κ3) is 15.1. The van der Waals surface area contributed by atoms with Crippen LogP contribution < -0.4 is 16.0 Å². The third-order valence-electron chi connectivity index (χ3n) is 9.19. The summed E-state index contributed by atoms with van der Waals surface area (Å²) in [5.41, 5.74) is 5.24. The Kier molecular flexibility index (Phi) is 20.6. The molecule has 3 aromatic rings. The third-order valence-corrected chi connectivity index (χ3v) is 9.19. The van der Waals surface area contributed by atoms with E-state index in [-0.39, 0.29) is 89.6 Å². The summed E-state index contributed by atoms with van der Waals surface area (Å²) in [4.78, 5) is 65.4. The standard InChI is InChI=1S/C42H53N3O8.2CH4/c1-29(2)24-38(39(48)18-19-40(49)43-20-10-22-52-23-11-21-46)45-41(50)31(25-30-12-4-3-5-13-30)26-32(47)27-44-42(51)53-28-37-35-16-8-6-14-33(35)34-15-7-9-17-36(34)37;;/h3-9,12-17,29,31,37-38,46H,10-11,18-28H2,1-2H3,(H,43,49)(H,44,51)(H,45,50);2*1H4. The van der Waals surface area contributed by atoms with Gasteiger partial charge < -0.3 is 30.5 Å². The number of benzene rings is 3. The largest absolute Gasteiger partial charge is 0.449 e. The van der Waals surface area contributed by atoms with Crippen LogP contribution >= 0.6 is 0 Å². The molecule has 3 aromatic carbocycles. The highest BCUT2D eigenvalue weighted by atomic mass is 16.5. The fraction of sp³-hybridized carbons (Fsp3) is 0.477. The van der Waals surface area contributed by atoms with Crippen molar-refractivity contribution in [3.8, 4) is 11.1 Å². The van der Waals surface area contributed by atoms with E-state index in [2.05, 4.69) is 28.1 Å². The number of carbonyl (C=O) groups excluding carboxylic acids is 5. The van der Waals surface area contributed by atoms with Gasteiger partial charge >= 0.3 is 6.09 Å². The van der Waals surface area contributed by atoms with E-state index < -0.39 is 24.0 Å². The van der Waals surface area contributed by atoms with Crippen molar-refractivity contribution in [1.29, 1.82) is 0 Å². The predicted octanol–water partition coefficient (Wildman–Crippen LogP) is 6.40. The molecule has 2 unspecified atom stereocenters. The Morgan fingerprint density at radius 2 is 1.40 bits per heavy atom. The first-order chi connectivity index (χ1) is 25.7. The number of rotatable bonds is 23. The monoisotopic (exact) mass is 759 g/mol. The lowest BCUT2D eigenvalue weighted by Crippen LogP contribution is -2.46. The summed E-state index contributed by atoms with van der Waals surface area (Å²) in [6, 6.07) is 24.5. The summed E-state index contributed by atoms with van der Waals surface area (Å²) in [7, 11) is 0. The maximum Gasteiger partial charge on any atom is 0.407 e. The minimum atomic E-state index is -0.817. The summed E-state index contributed by atoms with van der Waals surface area (Å²) in [5.74, 6) is -2.13. The summed E-state index contributed by atoms with van der Waals surface area (Å²) >= 11 is 0. The molecule has 0 saturated heterocycles. The molecule has 0 spiro atoms. The molecule has 1 aliphatic carbocycles. The van der Waals surface area contributed by atoms with E-state index in [1.165, 1.54) is 0 Å². The van der Waals surface area contributed by atoms with Crippen molar-refractivity contribution in [2.45, 2.75) is 85.6 Å². The van der Waals surface area contributed by atoms with E-state index >= 15 is 0 Å². The fourth-order valence-electron chi connectivity index (χ4n) is 6.53. The lowest BCUT2D eigenvalue weighted by Gasteiger charge is -2.23. The number of nitrogens with one attached hydrogen (secondary N) is 3. The Bertz CT molecular complexity index is 1620. The van der Waals surface area contributed by atoms with Crippen LogP contribution in [0.3, 0.4) is 0 Å². The molecule has 0 saturated carbocycles. The van der Waals surface area contributed by atoms with Gasteiger partial charge in [-0.3, -0.25) is 19.2 Å². The molecule has 11 heteroatoms. The van der Waals surface area contributed by atoms with Crippen LogP contribution in [0.25, 0.3) is 11.1 Å². The van der Waals surface area contributed by atoms with Gasteiger partial charge in [-0.15, -0.1) is 0 Å². The van der Waals surface area contributed by atoms with Crippen LogP contribution in [0.15, 0.2) is 78.9 Å². The van der Waals surface area contributed by atoms with E-state index in [1.807, 2.05) is 80.6 Å². The normalized spacial score (nSPS) is 12.6. The number of fused-ring (bicyclic) bond motifs is 3. The Labute approximate surface area is 327 Å². The number of carbonyl (C=O) groups is 5. The van der Waals surface area contributed by atoms with Gasteiger partial charge in [0.05, 0.1) is 12.6 Å². The van der Waals surface area contributed by atoms with Crippen molar-refractivity contribution >= 4 is 29.5 Å². The van der Waals surface area contributed by atoms with Crippen molar-refractivity contribution in [3.05, 3.63) is 95.6 Å². The number of ketones is 2. The summed E-state index contributed by atoms with van der Waals surface area (Å²) < 4.78 is 10.9. The Hall–Kier alpha value is -4.87. The second kappa shape index (κ2) is 24.5. The predicted molar refractivity (Wildman–Crippen MR) is 216 cm³/mol. The number of Topliss-reactive ketones (excluding diaryl/α,β-unsaturated/α-hetero) is 2. The average Bonchev–Trinajstić information content (AvgIpc) is 3.48. The first-order valence-electron chi connectivity index (χ1n) is 18.6. The van der Waals surface area contributed by atoms with Crippen LogP contribution in [-0.4, -0.2) is 80.1 Å². The molecule has 0 radical (unpaired) electrons. The minimum absolute atomic E-state index is 0. The first-order valence-corrected chi connectivity index (χ1v) is 18.6. The molecule has 4 rings (SSSR count). The van der Waals surface area contributed by atoms with Gasteiger partial charge in [0.1, 0.15) is 6.61 Å². The maximum absolute atomic E-state index is 13.7. The second-order valence-corrected chi connectivity index (χ2v) is 13.9. The smallest absolute Gasteiger partial charge is 0.407 e. The van der Waals surface area contributed by atoms with Crippen molar-refractivity contribution in [2.75, 3.05) is 39.5 Å². The summed E-state index contributed by atoms with van der Waals surface area (Å²) in [6.45, 7) is 5.08. The van der Waals surface area contributed by atoms with Gasteiger partial charge in [0.25, 0.3) is 0 Å². The van der Waals surface area contributed by atoms with Crippen molar-refractivity contribution in [2.24, 2.45) is 11.8 Å². The van der Waals surface area contributed by atoms with Gasteiger partial charge in [-0.25, -0.2) is 4.79 Å². The van der Waals surface area contributed by atoms with Crippen molar-refractivity contribution in [3.63, 3.8) is 0 Å². The number of aliphatic hydroxyl groups excluding tert-OH is 1. The first kappa shape index (κ1) is 46.3. The van der Waals surface area contributed by atoms with Crippen LogP contribution in [0, 0.1) is 11.8 Å². The van der Waals surface area contributed by atoms with Crippen molar-refractivity contribution < 1.29 is 38.6 Å². The molecule has 300 valence electrons. The van der Waals surface area contributed by atoms with E-state index in [0.29, 0.717) is 39.0 Å². The molecule has 11 nitrogen and oxygen atoms in total. The molecule has 0 aliphatic heterocycles. The number of amides is 3. The lowest BCUT2D eigenvalue weighted by atomic mass is 9.91. The van der Waals surface area contributed by atoms with Gasteiger partial charge in [-0.2, -0.15) is 0 Å². The molecule has 1 aliphatic rings. The topological polar surface area (TPSA) is 160 Å². The Morgan fingerprint density at radius 1 is 0.782 bits per heavy atom. The molecule has 2 atom stereocenters. The van der Waals surface area contributed by atoms with Crippen molar-refractivity contribution in [1.82, 2.24) is 16.0 Å². The van der Waals surface area contributed by atoms with Crippen LogP contribution in [-0.2, 0) is 35.1 Å². The van der Waals surface area contributed by atoms with E-state index in [4.69, 9.17) is 14.6 Å². The van der Waals surface area contributed by atoms with E-state index in [9.17, 15) is 24.0 Å². The molecule has 0 aromatic heterocycles. The SMILES string of the molecule is C.C.CC(C)CC(NC(=O)C(CC(=O)CNC(=O)OCC1c2ccccc2-c2ccccc21)Cc1ccccc1)C(=O)CCC(=O)NCCCOCCCO. The van der Waals surface area contributed by atoms with Gasteiger partial charge in [-0.05, 0) is 59.4 Å². The maximum atomic E-state index is 13.7. The number of hydrogen-bond donors (Lipinski definition) is 4. The minimum Gasteiger partial charge on any atom is -0.449 e. The molecule has 3 amide bonds. The molecule has 0 bridgehead atoms. The van der Waals surface area contributed by atoms with Gasteiger partial charge in [0, 0.05) is 57.5 Å². The number of alkyl carbamates (subject to hydrolysis) is 1. The molecular weight excluding hydrogens is 698 g/mol. The molecule has 4 N–H and O–H groups in total. The van der Waals surface area contributed by atoms with Crippen LogP contribution in [0.1, 0.15) is 89.8 Å². The molecule has 55 heavy (non-hydrogen) atoms. The van der Waals surface area contributed by atoms with Crippen LogP contribution in [0.2, 0.25) is 0 Å². The average molecular weight is 760 g/mol. The highest BCUT2D eigenvalue weighted by molar-refractivity contribution is 5.94. The van der Waals surface area contributed by atoms with Crippen LogP contribution in [0.4, 0.5) is 4.79 Å². The Balaban J connectivity index is 0.00000523. The number of ether oxygens (including phenoxy) is 2. The highest BCUT2D eigenvalue weighted by Gasteiger charge is 2.30. The lowest BCUT2D eigenvalue weighted by molar-refractivity contribution is -0.133. The zero-order chi connectivity index (χ0) is 38.0. The zero-order valence-electron chi connectivity index (χ0n) is 30.8. The van der Waals surface area contributed by atoms with E-state index in [1.54, 1.807) is 0 Å². The zero-order valence-corrected chi connectivity index (χ0v) is 30.8. The van der Waals surface area contributed by atoms with E-state index in [0.717, 1.165) is 27.8 Å². The van der Waals surface area contributed by atoms with Crippen LogP contribution in [0.5, 0.6) is 0 Å². The van der Waals surface area contributed by atoms with Gasteiger partial charge in [0.15, 0.2) is 11.6 Å². The quantitative estimate of drug-likeness (QED) is 0.0809. The number of aliphatic hydroxyl groups is 1. The fourth-order valence-corrected chi connectivity index (χ4v) is 6.53. The Morgan fingerprint density at radius 3 is 2.04 bits per heavy atom. The molecule has 0 heterocycles. The summed E-state index contributed by atoms with van der Waals surface area (Å²) in [6.07, 6.45) is 0.892. The van der Waals surface area contributed by atoms with Gasteiger partial charge in [0.2, 0.25) is 11.8 Å².